The third kappa shape index (κ3) is 3.44. The smallest absolute Gasteiger partial charge is 0.223 e. The van der Waals surface area contributed by atoms with Crippen LogP contribution in [0.5, 0.6) is 0 Å². The van der Waals surface area contributed by atoms with Crippen LogP contribution < -0.4 is 5.32 Å². The molecule has 1 aromatic heterocycles. The van der Waals surface area contributed by atoms with Gasteiger partial charge >= 0.3 is 0 Å². The topological polar surface area (TPSA) is 46.9 Å². The molecule has 0 spiro atoms. The number of nitrogens with one attached hydrogen (secondary N) is 1. The fourth-order valence-corrected chi connectivity index (χ4v) is 2.15. The third-order valence-corrected chi connectivity index (χ3v) is 3.07. The van der Waals surface area contributed by atoms with Crippen molar-refractivity contribution in [2.24, 2.45) is 5.92 Å². The SMILES string of the molecule is C[C@@H](Cn1ccnc1)NC(=O)[C@H]1CC=CCC1. The van der Waals surface area contributed by atoms with Gasteiger partial charge in [-0.25, -0.2) is 4.98 Å². The van der Waals surface area contributed by atoms with E-state index in [1.807, 2.05) is 17.7 Å². The average molecular weight is 233 g/mol. The van der Waals surface area contributed by atoms with Crippen LogP contribution in [0.3, 0.4) is 0 Å². The second-order valence-corrected chi connectivity index (χ2v) is 4.65. The van der Waals surface area contributed by atoms with Gasteiger partial charge in [0.05, 0.1) is 6.33 Å². The van der Waals surface area contributed by atoms with Gasteiger partial charge in [-0.15, -0.1) is 0 Å². The van der Waals surface area contributed by atoms with Crippen LogP contribution in [0.2, 0.25) is 0 Å². The van der Waals surface area contributed by atoms with Crippen LogP contribution in [0.4, 0.5) is 0 Å². The fourth-order valence-electron chi connectivity index (χ4n) is 2.15. The van der Waals surface area contributed by atoms with Crippen LogP contribution in [0.25, 0.3) is 0 Å². The number of rotatable bonds is 4. The Kier molecular flexibility index (Phi) is 3.96. The van der Waals surface area contributed by atoms with E-state index >= 15 is 0 Å². The van der Waals surface area contributed by atoms with Crippen LogP contribution in [0.1, 0.15) is 26.2 Å². The molecule has 1 heterocycles. The molecule has 17 heavy (non-hydrogen) atoms. The second kappa shape index (κ2) is 5.66. The molecule has 1 amide bonds. The minimum Gasteiger partial charge on any atom is -0.352 e. The summed E-state index contributed by atoms with van der Waals surface area (Å²) in [5.41, 5.74) is 0. The molecule has 1 aliphatic carbocycles. The Hall–Kier alpha value is -1.58. The number of imidazole rings is 1. The van der Waals surface area contributed by atoms with Gasteiger partial charge in [-0.2, -0.15) is 0 Å². The molecule has 4 nitrogen and oxygen atoms in total. The van der Waals surface area contributed by atoms with E-state index in [1.54, 1.807) is 12.5 Å². The molecule has 0 unspecified atom stereocenters. The lowest BCUT2D eigenvalue weighted by Gasteiger charge is -2.21. The van der Waals surface area contributed by atoms with E-state index in [0.29, 0.717) is 0 Å². The summed E-state index contributed by atoms with van der Waals surface area (Å²) >= 11 is 0. The van der Waals surface area contributed by atoms with Crippen molar-refractivity contribution in [3.8, 4) is 0 Å². The monoisotopic (exact) mass is 233 g/mol. The number of aromatic nitrogens is 2. The predicted molar refractivity (Wildman–Crippen MR) is 66.3 cm³/mol. The highest BCUT2D eigenvalue weighted by atomic mass is 16.1. The number of carbonyl (C=O) groups is 1. The van der Waals surface area contributed by atoms with E-state index in [1.165, 1.54) is 0 Å². The number of carbonyl (C=O) groups excluding carboxylic acids is 1. The zero-order valence-electron chi connectivity index (χ0n) is 10.2. The van der Waals surface area contributed by atoms with Gasteiger partial charge in [0.2, 0.25) is 5.91 Å². The van der Waals surface area contributed by atoms with Gasteiger partial charge in [-0.05, 0) is 26.2 Å². The van der Waals surface area contributed by atoms with E-state index in [2.05, 4.69) is 22.5 Å². The van der Waals surface area contributed by atoms with Crippen molar-refractivity contribution in [2.45, 2.75) is 38.8 Å². The molecule has 4 heteroatoms. The van der Waals surface area contributed by atoms with Crippen LogP contribution in [0, 0.1) is 5.92 Å². The first-order chi connectivity index (χ1) is 8.25. The molecular weight excluding hydrogens is 214 g/mol. The van der Waals surface area contributed by atoms with E-state index in [-0.39, 0.29) is 17.9 Å². The minimum atomic E-state index is 0.141. The lowest BCUT2D eigenvalue weighted by atomic mass is 9.93. The normalized spacial score (nSPS) is 21.1. The van der Waals surface area contributed by atoms with Crippen LogP contribution in [0.15, 0.2) is 30.9 Å². The summed E-state index contributed by atoms with van der Waals surface area (Å²) in [6.45, 7) is 2.80. The van der Waals surface area contributed by atoms with Crippen molar-refractivity contribution in [2.75, 3.05) is 0 Å². The zero-order chi connectivity index (χ0) is 12.1. The molecule has 1 aromatic rings. The summed E-state index contributed by atoms with van der Waals surface area (Å²) in [4.78, 5) is 16.0. The number of nitrogens with zero attached hydrogens (tertiary/aromatic N) is 2. The summed E-state index contributed by atoms with van der Waals surface area (Å²) in [5, 5.41) is 3.07. The van der Waals surface area contributed by atoms with Crippen molar-refractivity contribution in [3.05, 3.63) is 30.9 Å². The van der Waals surface area contributed by atoms with E-state index in [0.717, 1.165) is 25.8 Å². The number of amides is 1. The van der Waals surface area contributed by atoms with Crippen molar-refractivity contribution in [3.63, 3.8) is 0 Å². The maximum absolute atomic E-state index is 12.0. The molecule has 1 aliphatic rings. The standard InChI is InChI=1S/C13H19N3O/c1-11(9-16-8-7-14-10-16)15-13(17)12-5-3-2-4-6-12/h2-3,7-8,10-12H,4-6,9H2,1H3,(H,15,17)/t11-,12-/m0/s1. The van der Waals surface area contributed by atoms with Crippen molar-refractivity contribution in [1.82, 2.24) is 14.9 Å². The molecule has 0 aliphatic heterocycles. The Balaban J connectivity index is 1.79. The van der Waals surface area contributed by atoms with Crippen LogP contribution in [-0.2, 0) is 11.3 Å². The van der Waals surface area contributed by atoms with Crippen molar-refractivity contribution in [1.29, 1.82) is 0 Å². The third-order valence-electron chi connectivity index (χ3n) is 3.07. The van der Waals surface area contributed by atoms with Gasteiger partial charge in [0.25, 0.3) is 0 Å². The van der Waals surface area contributed by atoms with Gasteiger partial charge in [-0.3, -0.25) is 4.79 Å². The maximum Gasteiger partial charge on any atom is 0.223 e. The van der Waals surface area contributed by atoms with Gasteiger partial charge in [0.1, 0.15) is 0 Å². The quantitative estimate of drug-likeness (QED) is 0.805. The molecule has 0 fully saturated rings. The maximum atomic E-state index is 12.0. The molecule has 0 radical (unpaired) electrons. The van der Waals surface area contributed by atoms with Crippen LogP contribution >= 0.6 is 0 Å². The Labute approximate surface area is 102 Å². The Bertz CT molecular complexity index is 383. The predicted octanol–water partition coefficient (Wildman–Crippen LogP) is 1.74. The minimum absolute atomic E-state index is 0.141. The Morgan fingerprint density at radius 3 is 3.12 bits per heavy atom. The highest BCUT2D eigenvalue weighted by Gasteiger charge is 2.19. The average Bonchev–Trinajstić information content (AvgIpc) is 2.82. The molecular formula is C13H19N3O. The van der Waals surface area contributed by atoms with Crippen molar-refractivity contribution >= 4 is 5.91 Å². The van der Waals surface area contributed by atoms with Gasteiger partial charge in [0.15, 0.2) is 0 Å². The first-order valence-electron chi connectivity index (χ1n) is 6.17. The van der Waals surface area contributed by atoms with E-state index in [4.69, 9.17) is 0 Å². The second-order valence-electron chi connectivity index (χ2n) is 4.65. The zero-order valence-corrected chi connectivity index (χ0v) is 10.2. The molecule has 1 N–H and O–H groups in total. The first kappa shape index (κ1) is 11.9. The first-order valence-corrected chi connectivity index (χ1v) is 6.17. The summed E-state index contributed by atoms with van der Waals surface area (Å²) < 4.78 is 1.98. The molecule has 92 valence electrons. The molecule has 0 aromatic carbocycles. The summed E-state index contributed by atoms with van der Waals surface area (Å²) in [6, 6.07) is 0.141. The molecule has 2 atom stereocenters. The van der Waals surface area contributed by atoms with Crippen molar-refractivity contribution < 1.29 is 4.79 Å². The lowest BCUT2D eigenvalue weighted by molar-refractivity contribution is -0.125. The largest absolute Gasteiger partial charge is 0.352 e. The number of hydrogen-bond donors (Lipinski definition) is 1. The summed E-state index contributed by atoms with van der Waals surface area (Å²) in [7, 11) is 0. The molecule has 0 saturated carbocycles. The Morgan fingerprint density at radius 1 is 1.59 bits per heavy atom. The Morgan fingerprint density at radius 2 is 2.47 bits per heavy atom. The lowest BCUT2D eigenvalue weighted by Crippen LogP contribution is -2.39. The molecule has 2 rings (SSSR count). The summed E-state index contributed by atoms with van der Waals surface area (Å²) in [5.74, 6) is 0.340. The number of hydrogen-bond acceptors (Lipinski definition) is 2. The highest BCUT2D eigenvalue weighted by molar-refractivity contribution is 5.79. The van der Waals surface area contributed by atoms with Crippen LogP contribution in [-0.4, -0.2) is 21.5 Å². The fraction of sp³-hybridized carbons (Fsp3) is 0.538. The summed E-state index contributed by atoms with van der Waals surface area (Å²) in [6.07, 6.45) is 12.6. The highest BCUT2D eigenvalue weighted by Crippen LogP contribution is 2.18. The molecule has 0 saturated heterocycles. The van der Waals surface area contributed by atoms with E-state index in [9.17, 15) is 4.79 Å². The van der Waals surface area contributed by atoms with E-state index < -0.39 is 0 Å². The van der Waals surface area contributed by atoms with Gasteiger partial charge in [-0.1, -0.05) is 12.2 Å². The molecule has 0 bridgehead atoms. The van der Waals surface area contributed by atoms with Gasteiger partial charge < -0.3 is 9.88 Å². The van der Waals surface area contributed by atoms with Gasteiger partial charge in [0, 0.05) is 30.9 Å². The number of allylic oxidation sites excluding steroid dienone is 2.